The number of allylic oxidation sites excluding steroid dienone is 2. The summed E-state index contributed by atoms with van der Waals surface area (Å²) >= 11 is 0. The van der Waals surface area contributed by atoms with E-state index in [1.807, 2.05) is 6.92 Å². The molecule has 1 saturated carbocycles. The van der Waals surface area contributed by atoms with Gasteiger partial charge >= 0.3 is 0 Å². The van der Waals surface area contributed by atoms with E-state index in [9.17, 15) is 5.26 Å². The molecule has 1 atom stereocenters. The average Bonchev–Trinajstić information content (AvgIpc) is 2.80. The summed E-state index contributed by atoms with van der Waals surface area (Å²) in [5.74, 6) is 0. The number of piperazine rings is 1. The SMILES string of the molecule is C/C(=C\C(=N/C(C)N)c1ccc2c(c1)CN(C(C)(C)CC1(C#N)CCC1)CC2)N1CCN(C)CC1. The smallest absolute Gasteiger partial charge is 0.0948 e. The highest BCUT2D eigenvalue weighted by atomic mass is 15.2. The van der Waals surface area contributed by atoms with Crippen LogP contribution in [0, 0.1) is 16.7 Å². The van der Waals surface area contributed by atoms with Crippen molar-refractivity contribution in [3.05, 3.63) is 46.7 Å². The van der Waals surface area contributed by atoms with Crippen LogP contribution in [-0.2, 0) is 13.0 Å². The topological polar surface area (TPSA) is 71.9 Å². The van der Waals surface area contributed by atoms with Gasteiger partial charge in [0.25, 0.3) is 0 Å². The molecule has 0 bridgehead atoms. The molecular weight excluding hydrogens is 432 g/mol. The Kier molecular flexibility index (Phi) is 7.71. The second kappa shape index (κ2) is 10.4. The van der Waals surface area contributed by atoms with Crippen molar-refractivity contribution >= 4 is 5.71 Å². The predicted octanol–water partition coefficient (Wildman–Crippen LogP) is 4.15. The number of nitriles is 1. The number of likely N-dealkylation sites (N-methyl/N-ethyl adjacent to an activating group) is 1. The van der Waals surface area contributed by atoms with Gasteiger partial charge in [0.1, 0.15) is 0 Å². The van der Waals surface area contributed by atoms with Crippen LogP contribution in [0.25, 0.3) is 0 Å². The maximum Gasteiger partial charge on any atom is 0.0948 e. The molecule has 2 heterocycles. The number of rotatable bonds is 7. The first-order chi connectivity index (χ1) is 16.6. The van der Waals surface area contributed by atoms with Crippen molar-refractivity contribution < 1.29 is 0 Å². The molecule has 1 aromatic rings. The summed E-state index contributed by atoms with van der Waals surface area (Å²) in [6, 6.07) is 9.48. The van der Waals surface area contributed by atoms with Gasteiger partial charge in [0.15, 0.2) is 0 Å². The highest BCUT2D eigenvalue weighted by molar-refractivity contribution is 6.09. The molecule has 3 aliphatic rings. The van der Waals surface area contributed by atoms with Crippen molar-refractivity contribution in [1.82, 2.24) is 14.7 Å². The molecule has 6 heteroatoms. The van der Waals surface area contributed by atoms with Crippen molar-refractivity contribution in [2.45, 2.75) is 78.0 Å². The second-order valence-electron chi connectivity index (χ2n) is 11.7. The molecule has 190 valence electrons. The van der Waals surface area contributed by atoms with Gasteiger partial charge in [0.2, 0.25) is 0 Å². The average molecular weight is 477 g/mol. The Morgan fingerprint density at radius 2 is 1.91 bits per heavy atom. The summed E-state index contributed by atoms with van der Waals surface area (Å²) in [6.07, 6.45) is 7.27. The van der Waals surface area contributed by atoms with Gasteiger partial charge in [-0.2, -0.15) is 5.26 Å². The quantitative estimate of drug-likeness (QED) is 0.599. The van der Waals surface area contributed by atoms with E-state index in [1.54, 1.807) is 0 Å². The molecule has 1 unspecified atom stereocenters. The Morgan fingerprint density at radius 3 is 2.51 bits per heavy atom. The third kappa shape index (κ3) is 5.97. The summed E-state index contributed by atoms with van der Waals surface area (Å²) in [4.78, 5) is 12.2. The standard InChI is InChI=1S/C29H44N6/c1-22(34-15-13-33(5)14-16-34)17-27(32-23(2)31)25-8-7-24-9-12-35(19-26(24)18-25)28(3,4)20-29(21-30)10-6-11-29/h7-8,17-18,23H,6,9-16,19-20,31H2,1-5H3/b22-17+,32-27+. The predicted molar refractivity (Wildman–Crippen MR) is 144 cm³/mol. The number of nitrogens with two attached hydrogens (primary N) is 1. The van der Waals surface area contributed by atoms with Crippen molar-refractivity contribution in [3.63, 3.8) is 0 Å². The fourth-order valence-corrected chi connectivity index (χ4v) is 5.97. The third-order valence-corrected chi connectivity index (χ3v) is 8.38. The van der Waals surface area contributed by atoms with Crippen LogP contribution >= 0.6 is 0 Å². The Bertz CT molecular complexity index is 1000. The van der Waals surface area contributed by atoms with Gasteiger partial charge < -0.3 is 15.5 Å². The highest BCUT2D eigenvalue weighted by Crippen LogP contribution is 2.47. The first-order valence-corrected chi connectivity index (χ1v) is 13.3. The molecule has 2 N–H and O–H groups in total. The van der Waals surface area contributed by atoms with E-state index in [0.29, 0.717) is 0 Å². The number of nitrogens with zero attached hydrogens (tertiary/aromatic N) is 5. The summed E-state index contributed by atoms with van der Waals surface area (Å²) in [7, 11) is 2.18. The minimum absolute atomic E-state index is 0.00441. The molecule has 0 radical (unpaired) electrons. The van der Waals surface area contributed by atoms with Crippen LogP contribution in [0.4, 0.5) is 0 Å². The van der Waals surface area contributed by atoms with E-state index in [2.05, 4.69) is 72.9 Å². The lowest BCUT2D eigenvalue weighted by atomic mass is 9.63. The van der Waals surface area contributed by atoms with Crippen LogP contribution in [0.5, 0.6) is 0 Å². The maximum atomic E-state index is 9.80. The fraction of sp³-hybridized carbons (Fsp3) is 0.655. The number of hydrogen-bond acceptors (Lipinski definition) is 6. The summed E-state index contributed by atoms with van der Waals surface area (Å²) in [6.45, 7) is 15.0. The minimum Gasteiger partial charge on any atom is -0.372 e. The molecule has 6 nitrogen and oxygen atoms in total. The molecule has 0 amide bonds. The van der Waals surface area contributed by atoms with Gasteiger partial charge in [-0.15, -0.1) is 0 Å². The van der Waals surface area contributed by atoms with Gasteiger partial charge in [-0.05, 0) is 83.7 Å². The zero-order chi connectivity index (χ0) is 25.2. The van der Waals surface area contributed by atoms with Crippen molar-refractivity contribution in [3.8, 4) is 6.07 Å². The molecule has 2 aliphatic heterocycles. The summed E-state index contributed by atoms with van der Waals surface area (Å²) < 4.78 is 0. The fourth-order valence-electron chi connectivity index (χ4n) is 5.97. The molecule has 0 spiro atoms. The number of aliphatic imine (C=N–C) groups is 1. The van der Waals surface area contributed by atoms with Gasteiger partial charge in [-0.3, -0.25) is 9.89 Å². The van der Waals surface area contributed by atoms with E-state index in [1.165, 1.54) is 23.2 Å². The van der Waals surface area contributed by atoms with Crippen LogP contribution in [0.2, 0.25) is 0 Å². The van der Waals surface area contributed by atoms with Crippen LogP contribution in [-0.4, -0.2) is 71.9 Å². The van der Waals surface area contributed by atoms with E-state index in [4.69, 9.17) is 10.7 Å². The van der Waals surface area contributed by atoms with Crippen LogP contribution in [0.3, 0.4) is 0 Å². The monoisotopic (exact) mass is 476 g/mol. The van der Waals surface area contributed by atoms with E-state index < -0.39 is 0 Å². The Hall–Kier alpha value is -2.20. The number of benzene rings is 1. The molecular formula is C29H44N6. The molecule has 1 aliphatic carbocycles. The van der Waals surface area contributed by atoms with Gasteiger partial charge in [-0.25, -0.2) is 0 Å². The van der Waals surface area contributed by atoms with Crippen LogP contribution in [0.1, 0.15) is 70.1 Å². The molecule has 0 aromatic heterocycles. The minimum atomic E-state index is -0.252. The van der Waals surface area contributed by atoms with Crippen molar-refractivity contribution in [1.29, 1.82) is 5.26 Å². The Balaban J connectivity index is 1.55. The van der Waals surface area contributed by atoms with Crippen LogP contribution in [0.15, 0.2) is 35.0 Å². The van der Waals surface area contributed by atoms with Crippen LogP contribution < -0.4 is 5.73 Å². The first-order valence-electron chi connectivity index (χ1n) is 13.3. The number of fused-ring (bicyclic) bond motifs is 1. The van der Waals surface area contributed by atoms with E-state index >= 15 is 0 Å². The van der Waals surface area contributed by atoms with Gasteiger partial charge in [0, 0.05) is 56.1 Å². The van der Waals surface area contributed by atoms with Crippen molar-refractivity contribution in [2.24, 2.45) is 16.1 Å². The van der Waals surface area contributed by atoms with Crippen molar-refractivity contribution in [2.75, 3.05) is 39.8 Å². The summed E-state index contributed by atoms with van der Waals surface area (Å²) in [5.41, 5.74) is 12.2. The van der Waals surface area contributed by atoms with E-state index in [-0.39, 0.29) is 17.1 Å². The molecule has 1 aromatic carbocycles. The molecule has 4 rings (SSSR count). The second-order valence-corrected chi connectivity index (χ2v) is 11.7. The zero-order valence-electron chi connectivity index (χ0n) is 22.5. The molecule has 1 saturated heterocycles. The lowest BCUT2D eigenvalue weighted by Gasteiger charge is -2.48. The normalized spacial score (nSPS) is 22.8. The number of hydrogen-bond donors (Lipinski definition) is 1. The first kappa shape index (κ1) is 25.9. The third-order valence-electron chi connectivity index (χ3n) is 8.38. The maximum absolute atomic E-state index is 9.80. The largest absolute Gasteiger partial charge is 0.372 e. The van der Waals surface area contributed by atoms with Gasteiger partial charge in [0.05, 0.1) is 23.4 Å². The van der Waals surface area contributed by atoms with Gasteiger partial charge in [-0.1, -0.05) is 18.6 Å². The zero-order valence-corrected chi connectivity index (χ0v) is 22.5. The lowest BCUT2D eigenvalue weighted by Crippen LogP contribution is -2.50. The molecule has 2 fully saturated rings. The molecule has 35 heavy (non-hydrogen) atoms. The lowest BCUT2D eigenvalue weighted by molar-refractivity contribution is 0.0389. The van der Waals surface area contributed by atoms with E-state index in [0.717, 1.165) is 76.2 Å². The summed E-state index contributed by atoms with van der Waals surface area (Å²) in [5, 5.41) is 9.80. The Labute approximate surface area is 212 Å². The highest BCUT2D eigenvalue weighted by Gasteiger charge is 2.44. The Morgan fingerprint density at radius 1 is 1.20 bits per heavy atom.